The second-order valence-corrected chi connectivity index (χ2v) is 6.36. The third-order valence-corrected chi connectivity index (χ3v) is 3.49. The van der Waals surface area contributed by atoms with E-state index in [1.807, 2.05) is 6.26 Å². The largest absolute Gasteiger partial charge is 0.387 e. The molecule has 0 spiro atoms. The van der Waals surface area contributed by atoms with Crippen molar-refractivity contribution in [2.24, 2.45) is 5.92 Å². The van der Waals surface area contributed by atoms with Gasteiger partial charge in [0.1, 0.15) is 5.69 Å². The van der Waals surface area contributed by atoms with Crippen molar-refractivity contribution in [1.82, 2.24) is 15.5 Å². The molecule has 0 aliphatic rings. The van der Waals surface area contributed by atoms with Crippen LogP contribution in [0.3, 0.4) is 0 Å². The molecule has 1 aromatic rings. The third kappa shape index (κ3) is 5.65. The van der Waals surface area contributed by atoms with Gasteiger partial charge in [-0.15, -0.1) is 0 Å². The molecule has 0 bridgehead atoms. The summed E-state index contributed by atoms with van der Waals surface area (Å²) in [6.45, 7) is 6.15. The molecule has 0 aliphatic carbocycles. The van der Waals surface area contributed by atoms with E-state index in [9.17, 15) is 9.90 Å². The first kappa shape index (κ1) is 16.0. The van der Waals surface area contributed by atoms with Crippen molar-refractivity contribution in [3.8, 4) is 0 Å². The molecule has 0 aromatic carbocycles. The predicted molar refractivity (Wildman–Crippen MR) is 78.5 cm³/mol. The highest BCUT2D eigenvalue weighted by molar-refractivity contribution is 7.98. The van der Waals surface area contributed by atoms with Crippen molar-refractivity contribution in [1.29, 1.82) is 0 Å². The van der Waals surface area contributed by atoms with Crippen LogP contribution in [-0.2, 0) is 6.42 Å². The van der Waals surface area contributed by atoms with E-state index in [0.29, 0.717) is 17.4 Å². The van der Waals surface area contributed by atoms with Crippen molar-refractivity contribution < 1.29 is 9.90 Å². The van der Waals surface area contributed by atoms with E-state index in [4.69, 9.17) is 0 Å². The number of carbonyl (C=O) groups excluding carboxylic acids is 1. The molecule has 1 heterocycles. The van der Waals surface area contributed by atoms with Gasteiger partial charge in [-0.05, 0) is 31.6 Å². The number of hydrogen-bond acceptors (Lipinski definition) is 4. The highest BCUT2D eigenvalue weighted by atomic mass is 32.2. The molecule has 1 atom stereocenters. The minimum atomic E-state index is -0.897. The highest BCUT2D eigenvalue weighted by Gasteiger charge is 2.21. The second kappa shape index (κ2) is 6.96. The van der Waals surface area contributed by atoms with Crippen LogP contribution in [0.5, 0.6) is 0 Å². The number of nitrogens with zero attached hydrogens (tertiary/aromatic N) is 1. The maximum Gasteiger partial charge on any atom is 0.271 e. The van der Waals surface area contributed by atoms with Crippen molar-refractivity contribution in [2.75, 3.05) is 18.6 Å². The van der Waals surface area contributed by atoms with Crippen molar-refractivity contribution in [3.05, 3.63) is 17.5 Å². The Morgan fingerprint density at radius 1 is 1.63 bits per heavy atom. The monoisotopic (exact) mass is 285 g/mol. The van der Waals surface area contributed by atoms with Gasteiger partial charge >= 0.3 is 0 Å². The van der Waals surface area contributed by atoms with Crippen LogP contribution in [0.25, 0.3) is 0 Å². The minimum absolute atomic E-state index is 0.221. The molecule has 108 valence electrons. The van der Waals surface area contributed by atoms with E-state index < -0.39 is 5.60 Å². The van der Waals surface area contributed by atoms with Gasteiger partial charge in [0.15, 0.2) is 0 Å². The zero-order valence-corrected chi connectivity index (χ0v) is 12.8. The van der Waals surface area contributed by atoms with E-state index >= 15 is 0 Å². The summed E-state index contributed by atoms with van der Waals surface area (Å²) in [7, 11) is 0. The number of hydrogen-bond donors (Lipinski definition) is 3. The Balaban J connectivity index is 2.52. The maximum absolute atomic E-state index is 11.9. The maximum atomic E-state index is 11.9. The SMILES string of the molecule is CSCC(C)(O)CNC(=O)c1cc(CC(C)C)[nH]n1. The Morgan fingerprint density at radius 2 is 2.32 bits per heavy atom. The average molecular weight is 285 g/mol. The van der Waals surface area contributed by atoms with E-state index in [2.05, 4.69) is 29.4 Å². The van der Waals surface area contributed by atoms with Gasteiger partial charge in [-0.25, -0.2) is 0 Å². The normalized spacial score (nSPS) is 14.4. The minimum Gasteiger partial charge on any atom is -0.387 e. The lowest BCUT2D eigenvalue weighted by atomic mass is 10.1. The standard InChI is InChI=1S/C13H23N3O2S/c1-9(2)5-10-6-11(16-15-10)12(17)14-7-13(3,18)8-19-4/h6,9,18H,5,7-8H2,1-4H3,(H,14,17)(H,15,16). The summed E-state index contributed by atoms with van der Waals surface area (Å²) in [5.41, 5.74) is 0.429. The molecule has 6 heteroatoms. The number of aliphatic hydroxyl groups is 1. The van der Waals surface area contributed by atoms with Gasteiger partial charge in [0.25, 0.3) is 5.91 Å². The van der Waals surface area contributed by atoms with Crippen molar-refractivity contribution in [3.63, 3.8) is 0 Å². The van der Waals surface area contributed by atoms with Crippen LogP contribution in [0, 0.1) is 5.92 Å². The number of aromatic nitrogens is 2. The van der Waals surface area contributed by atoms with Gasteiger partial charge in [-0.1, -0.05) is 13.8 Å². The van der Waals surface area contributed by atoms with Gasteiger partial charge in [0, 0.05) is 18.0 Å². The van der Waals surface area contributed by atoms with E-state index in [0.717, 1.165) is 12.1 Å². The van der Waals surface area contributed by atoms with Crippen LogP contribution in [0.2, 0.25) is 0 Å². The zero-order chi connectivity index (χ0) is 14.5. The lowest BCUT2D eigenvalue weighted by Gasteiger charge is -2.22. The average Bonchev–Trinajstić information content (AvgIpc) is 2.73. The number of H-pyrrole nitrogens is 1. The summed E-state index contributed by atoms with van der Waals surface area (Å²) < 4.78 is 0. The Kier molecular flexibility index (Phi) is 5.87. The second-order valence-electron chi connectivity index (χ2n) is 5.49. The van der Waals surface area contributed by atoms with Gasteiger partial charge < -0.3 is 10.4 Å². The molecule has 0 saturated heterocycles. The highest BCUT2D eigenvalue weighted by Crippen LogP contribution is 2.10. The topological polar surface area (TPSA) is 78.0 Å². The molecule has 5 nitrogen and oxygen atoms in total. The molecule has 0 saturated carbocycles. The molecule has 1 amide bonds. The molecule has 3 N–H and O–H groups in total. The Labute approximate surface area is 118 Å². The summed E-state index contributed by atoms with van der Waals surface area (Å²) in [5.74, 6) is 0.832. The molecular weight excluding hydrogens is 262 g/mol. The summed E-state index contributed by atoms with van der Waals surface area (Å²) >= 11 is 1.54. The summed E-state index contributed by atoms with van der Waals surface area (Å²) in [5, 5.41) is 19.5. The van der Waals surface area contributed by atoms with Crippen LogP contribution in [0.4, 0.5) is 0 Å². The third-order valence-electron chi connectivity index (χ3n) is 2.58. The smallest absolute Gasteiger partial charge is 0.271 e. The number of rotatable bonds is 7. The van der Waals surface area contributed by atoms with Crippen LogP contribution < -0.4 is 5.32 Å². The first-order valence-corrected chi connectivity index (χ1v) is 7.77. The summed E-state index contributed by atoms with van der Waals surface area (Å²) in [6.07, 6.45) is 2.78. The first-order chi connectivity index (χ1) is 8.84. The lowest BCUT2D eigenvalue weighted by Crippen LogP contribution is -2.42. The van der Waals surface area contributed by atoms with Gasteiger partial charge in [-0.3, -0.25) is 9.89 Å². The number of carbonyl (C=O) groups is 1. The molecular formula is C13H23N3O2S. The van der Waals surface area contributed by atoms with Crippen molar-refractivity contribution >= 4 is 17.7 Å². The Hall–Kier alpha value is -1.01. The lowest BCUT2D eigenvalue weighted by molar-refractivity contribution is 0.0722. The van der Waals surface area contributed by atoms with Crippen LogP contribution in [-0.4, -0.2) is 45.4 Å². The van der Waals surface area contributed by atoms with Crippen LogP contribution in [0.1, 0.15) is 37.0 Å². The number of aromatic amines is 1. The zero-order valence-electron chi connectivity index (χ0n) is 12.0. The van der Waals surface area contributed by atoms with Gasteiger partial charge in [0.2, 0.25) is 0 Å². The summed E-state index contributed by atoms with van der Waals surface area (Å²) in [6, 6.07) is 1.76. The molecule has 0 aliphatic heterocycles. The Morgan fingerprint density at radius 3 is 2.89 bits per heavy atom. The predicted octanol–water partition coefficient (Wildman–Crippen LogP) is 1.45. The quantitative estimate of drug-likeness (QED) is 0.708. The van der Waals surface area contributed by atoms with Crippen LogP contribution in [0.15, 0.2) is 6.07 Å². The molecule has 1 aromatic heterocycles. The molecule has 0 fully saturated rings. The molecule has 0 radical (unpaired) electrons. The van der Waals surface area contributed by atoms with E-state index in [1.54, 1.807) is 24.8 Å². The number of thioether (sulfide) groups is 1. The first-order valence-electron chi connectivity index (χ1n) is 6.38. The Bertz CT molecular complexity index is 416. The van der Waals surface area contributed by atoms with Crippen LogP contribution >= 0.6 is 11.8 Å². The fraction of sp³-hybridized carbons (Fsp3) is 0.692. The fourth-order valence-electron chi connectivity index (χ4n) is 1.75. The number of nitrogens with one attached hydrogen (secondary N) is 2. The van der Waals surface area contributed by atoms with E-state index in [1.165, 1.54) is 0 Å². The molecule has 1 unspecified atom stereocenters. The molecule has 19 heavy (non-hydrogen) atoms. The van der Waals surface area contributed by atoms with Gasteiger partial charge in [0.05, 0.1) is 5.60 Å². The van der Waals surface area contributed by atoms with E-state index in [-0.39, 0.29) is 12.5 Å². The fourth-order valence-corrected chi connectivity index (χ4v) is 2.47. The van der Waals surface area contributed by atoms with Gasteiger partial charge in [-0.2, -0.15) is 16.9 Å². The number of amides is 1. The van der Waals surface area contributed by atoms with Crippen molar-refractivity contribution in [2.45, 2.75) is 32.8 Å². The molecule has 1 rings (SSSR count). The summed E-state index contributed by atoms with van der Waals surface area (Å²) in [4.78, 5) is 11.9.